The molecule has 2 aromatic carbocycles. The summed E-state index contributed by atoms with van der Waals surface area (Å²) in [5.41, 5.74) is 0.404. The fourth-order valence-electron chi connectivity index (χ4n) is 2.05. The lowest BCUT2D eigenvalue weighted by molar-refractivity contribution is -0.390. The van der Waals surface area contributed by atoms with Crippen LogP contribution in [0.15, 0.2) is 56.6 Å². The van der Waals surface area contributed by atoms with Crippen molar-refractivity contribution in [3.8, 4) is 0 Å². The highest BCUT2D eigenvalue weighted by Crippen LogP contribution is 2.41. The van der Waals surface area contributed by atoms with E-state index < -0.39 is 20.4 Å². The molecule has 3 aromatic rings. The van der Waals surface area contributed by atoms with Gasteiger partial charge in [0.25, 0.3) is 0 Å². The third-order valence-corrected chi connectivity index (χ3v) is 6.29. The highest BCUT2D eigenvalue weighted by atomic mass is 32.2. The maximum absolute atomic E-state index is 11.8. The number of fused-ring (bicyclic) bond motifs is 1. The third-order valence-electron chi connectivity index (χ3n) is 3.02. The van der Waals surface area contributed by atoms with E-state index in [0.29, 0.717) is 4.34 Å². The molecule has 0 atom stereocenters. The molecule has 0 aliphatic rings. The molecule has 3 rings (SSSR count). The standard InChI is InChI=1S/C14H10N2O4S3/c1-23(19,20)12-8-4-7-11(13(12)16(17)18)22-14-15-9-5-2-3-6-10(9)21-14/h2-8H,1H3. The lowest BCUT2D eigenvalue weighted by atomic mass is 10.3. The van der Waals surface area contributed by atoms with Crippen LogP contribution in [0.25, 0.3) is 10.2 Å². The van der Waals surface area contributed by atoms with Crippen molar-refractivity contribution in [2.24, 2.45) is 0 Å². The maximum Gasteiger partial charge on any atom is 0.301 e. The Bertz CT molecular complexity index is 979. The van der Waals surface area contributed by atoms with Crippen LogP contribution in [0.1, 0.15) is 0 Å². The minimum Gasteiger partial charge on any atom is -0.258 e. The highest BCUT2D eigenvalue weighted by Gasteiger charge is 2.27. The van der Waals surface area contributed by atoms with E-state index in [4.69, 9.17) is 0 Å². The molecule has 0 aliphatic heterocycles. The molecule has 0 aliphatic carbocycles. The largest absolute Gasteiger partial charge is 0.301 e. The van der Waals surface area contributed by atoms with Crippen LogP contribution in [-0.2, 0) is 9.84 Å². The summed E-state index contributed by atoms with van der Waals surface area (Å²) >= 11 is 2.51. The molecule has 0 saturated heterocycles. The van der Waals surface area contributed by atoms with Crippen LogP contribution in [0.5, 0.6) is 0 Å². The van der Waals surface area contributed by atoms with Crippen LogP contribution >= 0.6 is 23.1 Å². The molecule has 0 spiro atoms. The third kappa shape index (κ3) is 3.21. The molecule has 9 heteroatoms. The van der Waals surface area contributed by atoms with Gasteiger partial charge in [0.1, 0.15) is 4.90 Å². The summed E-state index contributed by atoms with van der Waals surface area (Å²) in [6.45, 7) is 0. The molecule has 0 unspecified atom stereocenters. The predicted molar refractivity (Wildman–Crippen MR) is 89.9 cm³/mol. The lowest BCUT2D eigenvalue weighted by Crippen LogP contribution is -2.03. The van der Waals surface area contributed by atoms with Gasteiger partial charge in [0.05, 0.1) is 20.0 Å². The van der Waals surface area contributed by atoms with Gasteiger partial charge in [0, 0.05) is 6.26 Å². The first kappa shape index (κ1) is 15.9. The van der Waals surface area contributed by atoms with Gasteiger partial charge in [-0.1, -0.05) is 30.0 Å². The number of benzene rings is 2. The number of nitro benzene ring substituents is 1. The molecular formula is C14H10N2O4S3. The van der Waals surface area contributed by atoms with Gasteiger partial charge in [-0.25, -0.2) is 13.4 Å². The van der Waals surface area contributed by atoms with E-state index in [0.717, 1.165) is 28.2 Å². The number of aromatic nitrogens is 1. The van der Waals surface area contributed by atoms with E-state index in [-0.39, 0.29) is 9.79 Å². The predicted octanol–water partition coefficient (Wildman–Crippen LogP) is 3.76. The molecule has 0 bridgehead atoms. The molecule has 23 heavy (non-hydrogen) atoms. The number of nitro groups is 1. The number of rotatable bonds is 4. The first-order valence-corrected chi connectivity index (χ1v) is 9.89. The van der Waals surface area contributed by atoms with Crippen LogP contribution in [0.3, 0.4) is 0 Å². The zero-order chi connectivity index (χ0) is 16.6. The molecule has 6 nitrogen and oxygen atoms in total. The monoisotopic (exact) mass is 366 g/mol. The molecular weight excluding hydrogens is 356 g/mol. The fourth-order valence-corrected chi connectivity index (χ4v) is 5.14. The number of thiazole rings is 1. The summed E-state index contributed by atoms with van der Waals surface area (Å²) in [6, 6.07) is 11.8. The van der Waals surface area contributed by atoms with Crippen LogP contribution in [0.2, 0.25) is 0 Å². The SMILES string of the molecule is CS(=O)(=O)c1cccc(Sc2nc3ccccc3s2)c1[N+](=O)[O-]. The summed E-state index contributed by atoms with van der Waals surface area (Å²) in [5, 5.41) is 11.4. The van der Waals surface area contributed by atoms with Gasteiger partial charge >= 0.3 is 5.69 Å². The quantitative estimate of drug-likeness (QED) is 0.516. The Kier molecular flexibility index (Phi) is 4.09. The Labute approximate surface area is 140 Å². The first-order valence-electron chi connectivity index (χ1n) is 6.37. The van der Waals surface area contributed by atoms with E-state index in [1.807, 2.05) is 24.3 Å². The zero-order valence-corrected chi connectivity index (χ0v) is 14.2. The molecule has 0 amide bonds. The topological polar surface area (TPSA) is 90.2 Å². The normalized spacial score (nSPS) is 11.7. The second-order valence-corrected chi connectivity index (χ2v) is 8.99. The Balaban J connectivity index is 2.11. The minimum absolute atomic E-state index is 0.261. The van der Waals surface area contributed by atoms with E-state index in [1.54, 1.807) is 0 Å². The van der Waals surface area contributed by atoms with Gasteiger partial charge in [-0.2, -0.15) is 0 Å². The van der Waals surface area contributed by atoms with Crippen molar-refractivity contribution in [2.45, 2.75) is 14.1 Å². The molecule has 1 heterocycles. The van der Waals surface area contributed by atoms with Crippen LogP contribution in [0, 0.1) is 10.1 Å². The van der Waals surface area contributed by atoms with Crippen LogP contribution in [0.4, 0.5) is 5.69 Å². The van der Waals surface area contributed by atoms with Crippen molar-refractivity contribution in [3.63, 3.8) is 0 Å². The molecule has 0 fully saturated rings. The average molecular weight is 366 g/mol. The fraction of sp³-hybridized carbons (Fsp3) is 0.0714. The summed E-state index contributed by atoms with van der Waals surface area (Å²) in [5.74, 6) is 0. The van der Waals surface area contributed by atoms with Crippen molar-refractivity contribution >= 4 is 48.8 Å². The van der Waals surface area contributed by atoms with E-state index in [2.05, 4.69) is 4.98 Å². The van der Waals surface area contributed by atoms with Gasteiger partial charge in [-0.15, -0.1) is 11.3 Å². The summed E-state index contributed by atoms with van der Waals surface area (Å²) in [4.78, 5) is 15.1. The van der Waals surface area contributed by atoms with E-state index in [9.17, 15) is 18.5 Å². The van der Waals surface area contributed by atoms with Crippen molar-refractivity contribution in [3.05, 3.63) is 52.6 Å². The summed E-state index contributed by atoms with van der Waals surface area (Å²) in [7, 11) is -3.69. The number of hydrogen-bond donors (Lipinski definition) is 0. The number of hydrogen-bond acceptors (Lipinski definition) is 7. The Morgan fingerprint density at radius 3 is 2.57 bits per heavy atom. The van der Waals surface area contributed by atoms with Crippen LogP contribution < -0.4 is 0 Å². The summed E-state index contributed by atoms with van der Waals surface area (Å²) in [6.07, 6.45) is 0.960. The van der Waals surface area contributed by atoms with E-state index in [1.165, 1.54) is 29.5 Å². The zero-order valence-electron chi connectivity index (χ0n) is 11.8. The molecule has 0 saturated carbocycles. The first-order chi connectivity index (χ1) is 10.9. The summed E-state index contributed by atoms with van der Waals surface area (Å²) < 4.78 is 25.1. The smallest absolute Gasteiger partial charge is 0.258 e. The average Bonchev–Trinajstić information content (AvgIpc) is 2.88. The molecule has 0 N–H and O–H groups in total. The van der Waals surface area contributed by atoms with Crippen molar-refractivity contribution in [2.75, 3.05) is 6.26 Å². The van der Waals surface area contributed by atoms with E-state index >= 15 is 0 Å². The second-order valence-electron chi connectivity index (χ2n) is 4.68. The van der Waals surface area contributed by atoms with Crippen LogP contribution in [-0.4, -0.2) is 24.6 Å². The van der Waals surface area contributed by atoms with Crippen molar-refractivity contribution in [1.82, 2.24) is 4.98 Å². The maximum atomic E-state index is 11.8. The second kappa shape index (κ2) is 5.91. The highest BCUT2D eigenvalue weighted by molar-refractivity contribution is 8.01. The Morgan fingerprint density at radius 1 is 1.17 bits per heavy atom. The molecule has 118 valence electrons. The van der Waals surface area contributed by atoms with Gasteiger partial charge in [0.15, 0.2) is 14.2 Å². The van der Waals surface area contributed by atoms with Gasteiger partial charge in [-0.3, -0.25) is 10.1 Å². The molecule has 1 aromatic heterocycles. The van der Waals surface area contributed by atoms with Gasteiger partial charge in [-0.05, 0) is 24.3 Å². The van der Waals surface area contributed by atoms with Crippen molar-refractivity contribution < 1.29 is 13.3 Å². The Morgan fingerprint density at radius 2 is 1.91 bits per heavy atom. The van der Waals surface area contributed by atoms with Crippen molar-refractivity contribution in [1.29, 1.82) is 0 Å². The van der Waals surface area contributed by atoms with Gasteiger partial charge < -0.3 is 0 Å². The number of sulfone groups is 1. The Hall–Kier alpha value is -1.97. The minimum atomic E-state index is -3.69. The number of nitrogens with zero attached hydrogens (tertiary/aromatic N) is 2. The number of para-hydroxylation sites is 2. The lowest BCUT2D eigenvalue weighted by Gasteiger charge is -2.04. The molecule has 0 radical (unpaired) electrons. The van der Waals surface area contributed by atoms with Gasteiger partial charge in [0.2, 0.25) is 0 Å².